The molecule has 0 bridgehead atoms. The predicted molar refractivity (Wildman–Crippen MR) is 249 cm³/mol. The van der Waals surface area contributed by atoms with Gasteiger partial charge in [-0.3, -0.25) is 14.4 Å². The Hall–Kier alpha value is -3.41. The number of esters is 1. The summed E-state index contributed by atoms with van der Waals surface area (Å²) in [5.41, 5.74) is 0. The average molecular weight is 806 g/mol. The summed E-state index contributed by atoms with van der Waals surface area (Å²) in [6, 6.07) is 0. The van der Waals surface area contributed by atoms with E-state index in [1.165, 1.54) is 51.4 Å². The minimum Gasteiger partial charge on any atom is -0.480 e. The molecule has 1 amide bonds. The third kappa shape index (κ3) is 45.3. The van der Waals surface area contributed by atoms with Crippen LogP contribution in [-0.4, -0.2) is 35.6 Å². The van der Waals surface area contributed by atoms with E-state index in [2.05, 4.69) is 104 Å². The Labute approximate surface area is 356 Å². The Morgan fingerprint density at radius 3 is 1.38 bits per heavy atom. The predicted octanol–water partition coefficient (Wildman–Crippen LogP) is 15.1. The number of hydrogen-bond donors (Lipinski definition) is 2. The van der Waals surface area contributed by atoms with Crippen molar-refractivity contribution in [3.63, 3.8) is 0 Å². The number of carbonyl (C=O) groups is 3. The zero-order valence-electron chi connectivity index (χ0n) is 37.4. The maximum atomic E-state index is 12.8. The maximum absolute atomic E-state index is 12.8. The highest BCUT2D eigenvalue weighted by Gasteiger charge is 2.14. The van der Waals surface area contributed by atoms with Crippen LogP contribution in [0.1, 0.15) is 213 Å². The molecule has 0 radical (unpaired) electrons. The number of allylic oxidation sites excluding steroid dienone is 14. The van der Waals surface area contributed by atoms with Crippen molar-refractivity contribution in [2.24, 2.45) is 0 Å². The SMILES string of the molecule is CC/C=C\C/C=C\C/C=C\C/C=C\C/C=C\C/C=C\CCCCCCC(=O)OC(CCC/C=C\CCCCCCCCCC)CCCCCCCC(=O)NCC(=O)O. The van der Waals surface area contributed by atoms with Crippen molar-refractivity contribution in [2.75, 3.05) is 6.54 Å². The molecule has 0 rings (SSSR count). The maximum Gasteiger partial charge on any atom is 0.322 e. The van der Waals surface area contributed by atoms with Crippen LogP contribution in [-0.2, 0) is 19.1 Å². The van der Waals surface area contributed by atoms with Crippen LogP contribution >= 0.6 is 0 Å². The van der Waals surface area contributed by atoms with E-state index >= 15 is 0 Å². The lowest BCUT2D eigenvalue weighted by atomic mass is 10.0. The Bertz CT molecular complexity index is 1160. The summed E-state index contributed by atoms with van der Waals surface area (Å²) in [7, 11) is 0. The monoisotopic (exact) mass is 806 g/mol. The number of hydrogen-bond acceptors (Lipinski definition) is 4. The molecule has 0 saturated carbocycles. The van der Waals surface area contributed by atoms with Crippen LogP contribution in [0.25, 0.3) is 0 Å². The van der Waals surface area contributed by atoms with Gasteiger partial charge in [-0.2, -0.15) is 0 Å². The van der Waals surface area contributed by atoms with E-state index in [0.717, 1.165) is 135 Å². The quantitative estimate of drug-likeness (QED) is 0.0364. The summed E-state index contributed by atoms with van der Waals surface area (Å²) in [6.45, 7) is 4.11. The van der Waals surface area contributed by atoms with E-state index in [4.69, 9.17) is 9.84 Å². The third-order valence-corrected chi connectivity index (χ3v) is 10.1. The van der Waals surface area contributed by atoms with Gasteiger partial charge in [0.25, 0.3) is 0 Å². The van der Waals surface area contributed by atoms with E-state index in [1.807, 2.05) is 0 Å². The van der Waals surface area contributed by atoms with E-state index in [1.54, 1.807) is 0 Å². The lowest BCUT2D eigenvalue weighted by molar-refractivity contribution is -0.150. The third-order valence-electron chi connectivity index (χ3n) is 10.1. The summed E-state index contributed by atoms with van der Waals surface area (Å²) >= 11 is 0. The molecule has 58 heavy (non-hydrogen) atoms. The van der Waals surface area contributed by atoms with Gasteiger partial charge in [-0.1, -0.05) is 176 Å². The standard InChI is InChI=1S/C52H87NO5/c1-3-5-7-9-11-13-15-17-18-19-20-21-22-23-24-25-26-28-30-32-34-39-43-47-52(57)58-49(45-41-37-35-38-42-46-50(54)53-48-51(55)56)44-40-36-33-31-29-27-16-14-12-10-8-6-4-2/h5,7,11,13,17-18,20-21,23-24,26,28,31,33,49H,3-4,6,8-10,12,14-16,19,22,25,27,29-30,32,34-48H2,1-2H3,(H,53,54)(H,55,56)/b7-5-,13-11-,18-17-,21-20-,24-23-,28-26-,33-31-. The number of amides is 1. The molecule has 6 heteroatoms. The molecule has 0 spiro atoms. The Kier molecular flexibility index (Phi) is 43.6. The van der Waals surface area contributed by atoms with Crippen LogP contribution < -0.4 is 5.32 Å². The smallest absolute Gasteiger partial charge is 0.322 e. The van der Waals surface area contributed by atoms with Gasteiger partial charge in [-0.05, 0) is 109 Å². The molecule has 6 nitrogen and oxygen atoms in total. The first kappa shape index (κ1) is 54.6. The molecular weight excluding hydrogens is 719 g/mol. The molecule has 0 aliphatic rings. The number of rotatable bonds is 42. The highest BCUT2D eigenvalue weighted by Crippen LogP contribution is 2.18. The highest BCUT2D eigenvalue weighted by atomic mass is 16.5. The molecule has 2 N–H and O–H groups in total. The lowest BCUT2D eigenvalue weighted by Gasteiger charge is -2.18. The molecule has 330 valence electrons. The van der Waals surface area contributed by atoms with Gasteiger partial charge >= 0.3 is 11.9 Å². The lowest BCUT2D eigenvalue weighted by Crippen LogP contribution is -2.28. The second-order valence-corrected chi connectivity index (χ2v) is 15.6. The normalized spacial score (nSPS) is 12.9. The van der Waals surface area contributed by atoms with E-state index in [0.29, 0.717) is 12.8 Å². The fraction of sp³-hybridized carbons (Fsp3) is 0.673. The zero-order valence-corrected chi connectivity index (χ0v) is 37.4. The fourth-order valence-corrected chi connectivity index (χ4v) is 6.58. The first-order chi connectivity index (χ1) is 28.5. The van der Waals surface area contributed by atoms with Crippen LogP contribution in [0.5, 0.6) is 0 Å². The molecule has 0 aromatic heterocycles. The number of aliphatic carboxylic acids is 1. The van der Waals surface area contributed by atoms with Crippen molar-refractivity contribution in [2.45, 2.75) is 219 Å². The number of unbranched alkanes of at least 4 members (excludes halogenated alkanes) is 17. The van der Waals surface area contributed by atoms with Crippen LogP contribution in [0.4, 0.5) is 0 Å². The van der Waals surface area contributed by atoms with Crippen LogP contribution in [0, 0.1) is 0 Å². The van der Waals surface area contributed by atoms with Crippen molar-refractivity contribution in [1.29, 1.82) is 0 Å². The van der Waals surface area contributed by atoms with E-state index < -0.39 is 5.97 Å². The number of carboxylic acids is 1. The topological polar surface area (TPSA) is 92.7 Å². The van der Waals surface area contributed by atoms with Gasteiger partial charge in [0, 0.05) is 12.8 Å². The molecule has 0 fully saturated rings. The van der Waals surface area contributed by atoms with Crippen molar-refractivity contribution < 1.29 is 24.2 Å². The minimum absolute atomic E-state index is 0.0245. The molecule has 1 unspecified atom stereocenters. The van der Waals surface area contributed by atoms with Gasteiger partial charge in [-0.25, -0.2) is 0 Å². The Morgan fingerprint density at radius 2 is 0.862 bits per heavy atom. The van der Waals surface area contributed by atoms with E-state index in [-0.39, 0.29) is 24.5 Å². The van der Waals surface area contributed by atoms with Crippen molar-refractivity contribution in [3.05, 3.63) is 85.1 Å². The molecular formula is C52H87NO5. The molecule has 1 atom stereocenters. The minimum atomic E-state index is -1.02. The molecule has 0 aliphatic heterocycles. The van der Waals surface area contributed by atoms with Gasteiger partial charge in [0.05, 0.1) is 0 Å². The van der Waals surface area contributed by atoms with Crippen LogP contribution in [0.3, 0.4) is 0 Å². The second kappa shape index (κ2) is 46.3. The molecule has 0 aromatic carbocycles. The van der Waals surface area contributed by atoms with Crippen LogP contribution in [0.15, 0.2) is 85.1 Å². The Balaban J connectivity index is 4.23. The van der Waals surface area contributed by atoms with Gasteiger partial charge < -0.3 is 15.2 Å². The molecule has 0 heterocycles. The molecule has 0 aromatic rings. The van der Waals surface area contributed by atoms with Gasteiger partial charge in [-0.15, -0.1) is 0 Å². The zero-order chi connectivity index (χ0) is 42.3. The summed E-state index contributed by atoms with van der Waals surface area (Å²) in [4.78, 5) is 35.1. The van der Waals surface area contributed by atoms with Crippen molar-refractivity contribution >= 4 is 17.8 Å². The summed E-state index contributed by atoms with van der Waals surface area (Å²) < 4.78 is 6.02. The Morgan fingerprint density at radius 1 is 0.466 bits per heavy atom. The first-order valence-corrected chi connectivity index (χ1v) is 23.7. The molecule has 0 aliphatic carbocycles. The highest BCUT2D eigenvalue weighted by molar-refractivity contribution is 5.80. The summed E-state index contributed by atoms with van der Waals surface area (Å²) in [5, 5.41) is 11.1. The van der Waals surface area contributed by atoms with Crippen LogP contribution in [0.2, 0.25) is 0 Å². The average Bonchev–Trinajstić information content (AvgIpc) is 3.21. The fourth-order valence-electron chi connectivity index (χ4n) is 6.58. The van der Waals surface area contributed by atoms with E-state index in [9.17, 15) is 14.4 Å². The van der Waals surface area contributed by atoms with Crippen molar-refractivity contribution in [3.8, 4) is 0 Å². The van der Waals surface area contributed by atoms with Gasteiger partial charge in [0.15, 0.2) is 0 Å². The summed E-state index contributed by atoms with van der Waals surface area (Å²) in [5.74, 6) is -1.28. The largest absolute Gasteiger partial charge is 0.480 e. The van der Waals surface area contributed by atoms with Crippen molar-refractivity contribution in [1.82, 2.24) is 5.32 Å². The number of ether oxygens (including phenoxy) is 1. The number of nitrogens with one attached hydrogen (secondary N) is 1. The number of carboxylic acid groups (broad SMARTS) is 1. The first-order valence-electron chi connectivity index (χ1n) is 23.7. The molecule has 0 saturated heterocycles. The van der Waals surface area contributed by atoms with Gasteiger partial charge in [0.1, 0.15) is 12.6 Å². The second-order valence-electron chi connectivity index (χ2n) is 15.6. The number of carbonyl (C=O) groups excluding carboxylic acids is 2. The van der Waals surface area contributed by atoms with Gasteiger partial charge in [0.2, 0.25) is 5.91 Å². The summed E-state index contributed by atoms with van der Waals surface area (Å²) in [6.07, 6.45) is 64.3.